The molecule has 0 bridgehead atoms. The van der Waals surface area contributed by atoms with Gasteiger partial charge in [0.05, 0.1) is 30.7 Å². The molecule has 1 amide bonds. The average Bonchev–Trinajstić information content (AvgIpc) is 3.87. The third kappa shape index (κ3) is 12.0. The minimum Gasteiger partial charge on any atom is -0.478 e. The maximum atomic E-state index is 13.3. The van der Waals surface area contributed by atoms with E-state index in [0.29, 0.717) is 59.0 Å². The summed E-state index contributed by atoms with van der Waals surface area (Å²) in [6.07, 6.45) is 2.27. The zero-order valence-corrected chi connectivity index (χ0v) is 39.7. The van der Waals surface area contributed by atoms with Crippen LogP contribution in [0.25, 0.3) is 44.6 Å². The number of unbranched alkanes of at least 4 members (excludes halogenated alkanes) is 3. The molecule has 1 fully saturated rings. The lowest BCUT2D eigenvalue weighted by Gasteiger charge is -2.19. The Kier molecular flexibility index (Phi) is 15.3. The van der Waals surface area contributed by atoms with Gasteiger partial charge in [-0.05, 0) is 48.7 Å². The molecule has 4 heterocycles. The number of carbonyl (C=O) groups excluding carboxylic acids is 1. The second kappa shape index (κ2) is 20.6. The topological polar surface area (TPSA) is 331 Å². The Morgan fingerprint density at radius 3 is 2.34 bits per heavy atom. The van der Waals surface area contributed by atoms with Crippen LogP contribution in [0.1, 0.15) is 59.0 Å². The third-order valence-corrected chi connectivity index (χ3v) is 14.7. The zero-order chi connectivity index (χ0) is 49.1. The van der Waals surface area contributed by atoms with Crippen molar-refractivity contribution in [2.24, 2.45) is 0 Å². The number of anilines is 2. The van der Waals surface area contributed by atoms with Gasteiger partial charge >= 0.3 is 29.4 Å². The number of aliphatic hydroxyl groups excluding tert-OH is 1. The van der Waals surface area contributed by atoms with Crippen LogP contribution in [-0.2, 0) is 31.6 Å². The minimum atomic E-state index is -5.72. The molecular formula is C41H50N8O16P3+. The molecule has 0 saturated carbocycles. The predicted molar refractivity (Wildman–Crippen MR) is 246 cm³/mol. The van der Waals surface area contributed by atoms with E-state index in [4.69, 9.17) is 18.9 Å². The van der Waals surface area contributed by atoms with Crippen molar-refractivity contribution in [2.75, 3.05) is 58.1 Å². The minimum absolute atomic E-state index is 0.0204. The first-order valence-electron chi connectivity index (χ1n) is 21.0. The van der Waals surface area contributed by atoms with Crippen LogP contribution in [0.5, 0.6) is 0 Å². The van der Waals surface area contributed by atoms with Crippen molar-refractivity contribution < 1.29 is 75.4 Å². The molecule has 2 aliphatic heterocycles. The number of carbonyl (C=O) groups is 2. The maximum Gasteiger partial charge on any atom is 0.490 e. The van der Waals surface area contributed by atoms with Crippen molar-refractivity contribution in [3.05, 3.63) is 83.7 Å². The number of phosphoric ester groups is 1. The van der Waals surface area contributed by atoms with Crippen LogP contribution in [0.15, 0.2) is 71.7 Å². The zero-order valence-electron chi connectivity index (χ0n) is 37.0. The highest BCUT2D eigenvalue weighted by atomic mass is 31.3. The monoisotopic (exact) mass is 1000 g/mol. The van der Waals surface area contributed by atoms with Crippen molar-refractivity contribution in [2.45, 2.75) is 50.5 Å². The molecule has 4 aromatic rings. The van der Waals surface area contributed by atoms with E-state index in [9.17, 15) is 43.3 Å². The number of aromatic carboxylic acids is 1. The molecule has 5 atom stereocenters. The highest BCUT2D eigenvalue weighted by Crippen LogP contribution is 2.66. The van der Waals surface area contributed by atoms with Crippen molar-refractivity contribution in [1.29, 1.82) is 0 Å². The second-order valence-corrected chi connectivity index (χ2v) is 20.6. The number of hydrogen-bond acceptors (Lipinski definition) is 16. The Balaban J connectivity index is 0.906. The Bertz CT molecular complexity index is 3040. The molecule has 3 aliphatic rings. The van der Waals surface area contributed by atoms with Gasteiger partial charge in [0.2, 0.25) is 5.36 Å². The first kappa shape index (κ1) is 50.4. The predicted octanol–water partition coefficient (Wildman–Crippen LogP) is 4.53. The molecule has 8 N–H and O–H groups in total. The van der Waals surface area contributed by atoms with Gasteiger partial charge in [-0.15, -0.1) is 0 Å². The van der Waals surface area contributed by atoms with Crippen LogP contribution >= 0.6 is 23.5 Å². The molecule has 27 heteroatoms. The fourth-order valence-corrected chi connectivity index (χ4v) is 10.6. The number of nitrogens with one attached hydrogen (secondary N) is 2. The number of imidazole rings is 1. The summed E-state index contributed by atoms with van der Waals surface area (Å²) in [6.45, 7) is 0.0589. The Hall–Kier alpha value is -5.45. The van der Waals surface area contributed by atoms with E-state index >= 15 is 0 Å². The van der Waals surface area contributed by atoms with Crippen LogP contribution in [0.4, 0.5) is 11.5 Å². The van der Waals surface area contributed by atoms with Gasteiger partial charge in [0, 0.05) is 73.5 Å². The molecule has 364 valence electrons. The molecule has 2 unspecified atom stereocenters. The molecular weight excluding hydrogens is 953 g/mol. The van der Waals surface area contributed by atoms with Gasteiger partial charge in [-0.3, -0.25) is 13.9 Å². The Morgan fingerprint density at radius 1 is 0.897 bits per heavy atom. The Labute approximate surface area is 387 Å². The lowest BCUT2D eigenvalue weighted by atomic mass is 9.89. The number of carboxylic acid groups (broad SMARTS) is 1. The number of hydrogen-bond donors (Lipinski definition) is 8. The first-order valence-corrected chi connectivity index (χ1v) is 25.5. The number of aromatic nitrogens is 4. The summed E-state index contributed by atoms with van der Waals surface area (Å²) in [4.78, 5) is 77.5. The van der Waals surface area contributed by atoms with E-state index in [1.165, 1.54) is 23.3 Å². The summed E-state index contributed by atoms with van der Waals surface area (Å²) in [6, 6.07) is 16.3. The van der Waals surface area contributed by atoms with Crippen LogP contribution in [0, 0.1) is 0 Å². The number of nitrogens with zero attached hydrogens (tertiary/aromatic N) is 6. The molecule has 2 aromatic carbocycles. The summed E-state index contributed by atoms with van der Waals surface area (Å²) >= 11 is 0. The van der Waals surface area contributed by atoms with Gasteiger partial charge in [0.15, 0.2) is 17.0 Å². The number of benzene rings is 3. The number of carboxylic acids is 1. The smallest absolute Gasteiger partial charge is 0.478 e. The molecule has 0 spiro atoms. The molecule has 68 heavy (non-hydrogen) atoms. The van der Waals surface area contributed by atoms with E-state index in [-0.39, 0.29) is 17.5 Å². The number of amides is 1. The van der Waals surface area contributed by atoms with Crippen LogP contribution in [0.3, 0.4) is 0 Å². The standard InChI is InChI=1S/C41H49N8O16P3/c1-47(2)25-10-13-28-32(18-25)62-33-19-26(48(3)4)11-14-29(33)36(28)27-12-9-24(17-30(27)41(52)53)40(51)43-16-8-6-5-7-15-42-38-37-39(45-22-44-38)49(23-46-37)35-20-31(50)34(63-35)21-61-67(57,58)65-68(59,60)64-66(54,55)56/h9-14,17-19,22-23,31,34-35,50H,5-8,15-16,20-21H2,1-4H3,(H6-,42,43,44,45,51,52,53,54,55,56,57,58,59,60)/p+1/t31-,34+,35+/m0/s1. The van der Waals surface area contributed by atoms with E-state index in [1.54, 1.807) is 12.1 Å². The van der Waals surface area contributed by atoms with Crippen molar-refractivity contribution in [1.82, 2.24) is 29.4 Å². The highest BCUT2D eigenvalue weighted by molar-refractivity contribution is 7.66. The number of ether oxygens (including phenoxy) is 1. The van der Waals surface area contributed by atoms with E-state index in [0.717, 1.165) is 41.3 Å². The largest absolute Gasteiger partial charge is 0.490 e. The third-order valence-electron chi connectivity index (χ3n) is 10.9. The highest BCUT2D eigenvalue weighted by Gasteiger charge is 2.43. The average molecular weight is 1000 g/mol. The normalized spacial score (nSPS) is 18.1. The molecule has 7 rings (SSSR count). The fraction of sp³-hybridized carbons (Fsp3) is 0.366. The number of fused-ring (bicyclic) bond motifs is 3. The fourth-order valence-electron chi connectivity index (χ4n) is 7.61. The lowest BCUT2D eigenvalue weighted by molar-refractivity contribution is -0.0423. The Morgan fingerprint density at radius 2 is 1.63 bits per heavy atom. The van der Waals surface area contributed by atoms with Crippen LogP contribution in [-0.4, -0.2) is 121 Å². The number of rotatable bonds is 20. The van der Waals surface area contributed by atoms with Gasteiger partial charge in [0.1, 0.15) is 44.1 Å². The molecule has 2 aromatic heterocycles. The van der Waals surface area contributed by atoms with Crippen LogP contribution < -0.4 is 25.5 Å². The van der Waals surface area contributed by atoms with E-state index < -0.39 is 60.4 Å². The summed E-state index contributed by atoms with van der Waals surface area (Å²) in [5, 5.41) is 28.8. The molecule has 0 radical (unpaired) electrons. The van der Waals surface area contributed by atoms with E-state index in [2.05, 4.69) is 38.7 Å². The van der Waals surface area contributed by atoms with Crippen molar-refractivity contribution >= 4 is 69.0 Å². The van der Waals surface area contributed by atoms with Gasteiger partial charge in [-0.25, -0.2) is 38.0 Å². The molecule has 1 saturated heterocycles. The van der Waals surface area contributed by atoms with Gasteiger partial charge < -0.3 is 54.5 Å². The van der Waals surface area contributed by atoms with Crippen molar-refractivity contribution in [3.63, 3.8) is 0 Å². The lowest BCUT2D eigenvalue weighted by Crippen LogP contribution is -2.26. The summed E-state index contributed by atoms with van der Waals surface area (Å²) in [5.41, 5.74) is 4.29. The number of phosphoric acid groups is 3. The van der Waals surface area contributed by atoms with E-state index in [1.807, 2.05) is 74.1 Å². The van der Waals surface area contributed by atoms with Gasteiger partial charge in [0.25, 0.3) is 5.91 Å². The molecule has 24 nitrogen and oxygen atoms in total. The van der Waals surface area contributed by atoms with Gasteiger partial charge in [-0.2, -0.15) is 8.62 Å². The molecule has 1 aliphatic carbocycles. The quantitative estimate of drug-likeness (QED) is 0.0225. The van der Waals surface area contributed by atoms with Crippen LogP contribution in [0.2, 0.25) is 0 Å². The number of aliphatic hydroxyl groups is 1. The maximum absolute atomic E-state index is 13.3. The van der Waals surface area contributed by atoms with Crippen molar-refractivity contribution in [3.8, 4) is 22.5 Å². The van der Waals surface area contributed by atoms with Gasteiger partial charge in [-0.1, -0.05) is 18.9 Å². The SMILES string of the molecule is CN(C)c1ccc2c(-c3ccc(C(=O)NCCCCCCNc4ncnc5c4ncn5[C@H]4C[C@H](O)[C@@H](COP(=O)(O)OP(=O)(O)OP(=O)(O)O)O4)cc3C(=O)O)c3ccc(=[N+](C)C)cc-3oc2c1. The first-order chi connectivity index (χ1) is 32.1. The summed E-state index contributed by atoms with van der Waals surface area (Å²) in [7, 11) is -9.02. The summed E-state index contributed by atoms with van der Waals surface area (Å²) < 4.78 is 62.3. The second-order valence-electron chi connectivity index (χ2n) is 16.2. The summed E-state index contributed by atoms with van der Waals surface area (Å²) in [5.74, 6) is -0.558.